The van der Waals surface area contributed by atoms with Gasteiger partial charge in [-0.05, 0) is 12.3 Å². The lowest BCUT2D eigenvalue weighted by atomic mass is 9.97. The summed E-state index contributed by atoms with van der Waals surface area (Å²) >= 11 is 0. The van der Waals surface area contributed by atoms with Gasteiger partial charge in [0, 0.05) is 18.8 Å². The van der Waals surface area contributed by atoms with Crippen molar-refractivity contribution in [1.82, 2.24) is 4.98 Å². The largest absolute Gasteiger partial charge is 0.481 e. The third-order valence-corrected chi connectivity index (χ3v) is 2.59. The summed E-state index contributed by atoms with van der Waals surface area (Å²) in [5, 5.41) is 22.5. The number of aromatic nitrogens is 1. The zero-order valence-corrected chi connectivity index (χ0v) is 10.9. The van der Waals surface area contributed by atoms with Crippen LogP contribution < -0.4 is 5.32 Å². The minimum Gasteiger partial charge on any atom is -0.481 e. The maximum Gasteiger partial charge on any atom is 0.308 e. The molecule has 1 heterocycles. The molecule has 0 aliphatic heterocycles. The number of carboxylic acids is 1. The van der Waals surface area contributed by atoms with Crippen molar-refractivity contribution in [3.05, 3.63) is 28.4 Å². The number of hydrogen-bond acceptors (Lipinski definition) is 5. The minimum absolute atomic E-state index is 0.0757. The first-order valence-electron chi connectivity index (χ1n) is 5.97. The predicted octanol–water partition coefficient (Wildman–Crippen LogP) is 2.15. The summed E-state index contributed by atoms with van der Waals surface area (Å²) in [5.74, 6) is -0.849. The highest BCUT2D eigenvalue weighted by atomic mass is 16.6. The maximum absolute atomic E-state index is 11.1. The molecule has 0 saturated carbocycles. The van der Waals surface area contributed by atoms with E-state index in [0.717, 1.165) is 0 Å². The fourth-order valence-electron chi connectivity index (χ4n) is 1.70. The lowest BCUT2D eigenvalue weighted by molar-refractivity contribution is -0.384. The van der Waals surface area contributed by atoms with Crippen LogP contribution in [0.15, 0.2) is 18.3 Å². The maximum atomic E-state index is 11.1. The Balaban J connectivity index is 2.66. The van der Waals surface area contributed by atoms with Crippen LogP contribution in [-0.2, 0) is 4.79 Å². The van der Waals surface area contributed by atoms with Gasteiger partial charge in [0.1, 0.15) is 5.82 Å². The summed E-state index contributed by atoms with van der Waals surface area (Å²) in [7, 11) is 0. The molecular formula is C12H17N3O4. The molecule has 2 N–H and O–H groups in total. The Hall–Kier alpha value is -2.18. The van der Waals surface area contributed by atoms with Crippen molar-refractivity contribution in [2.75, 3.05) is 11.9 Å². The Bertz CT molecular complexity index is 462. The number of rotatable bonds is 7. The lowest BCUT2D eigenvalue weighted by Crippen LogP contribution is -2.24. The summed E-state index contributed by atoms with van der Waals surface area (Å²) in [4.78, 5) is 25.1. The molecular weight excluding hydrogens is 250 g/mol. The Morgan fingerprint density at radius 2 is 2.26 bits per heavy atom. The molecule has 0 aliphatic carbocycles. The van der Waals surface area contributed by atoms with Crippen molar-refractivity contribution < 1.29 is 14.8 Å². The molecule has 0 bridgehead atoms. The number of carboxylic acid groups (broad SMARTS) is 1. The van der Waals surface area contributed by atoms with Gasteiger partial charge in [-0.2, -0.15) is 0 Å². The summed E-state index contributed by atoms with van der Waals surface area (Å²) in [6.45, 7) is 4.09. The predicted molar refractivity (Wildman–Crippen MR) is 70.0 cm³/mol. The molecule has 1 aromatic rings. The zero-order chi connectivity index (χ0) is 14.4. The molecule has 7 nitrogen and oxygen atoms in total. The molecule has 0 amide bonds. The molecule has 0 radical (unpaired) electrons. The number of carbonyl (C=O) groups is 1. The van der Waals surface area contributed by atoms with E-state index in [0.29, 0.717) is 12.2 Å². The van der Waals surface area contributed by atoms with E-state index < -0.39 is 16.8 Å². The Morgan fingerprint density at radius 1 is 1.58 bits per heavy atom. The number of pyridine rings is 1. The molecule has 19 heavy (non-hydrogen) atoms. The second-order valence-electron chi connectivity index (χ2n) is 4.70. The summed E-state index contributed by atoms with van der Waals surface area (Å²) < 4.78 is 0. The van der Waals surface area contributed by atoms with Crippen LogP contribution in [0.4, 0.5) is 11.5 Å². The average molecular weight is 267 g/mol. The molecule has 0 fully saturated rings. The molecule has 1 atom stereocenters. The van der Waals surface area contributed by atoms with Crippen LogP contribution >= 0.6 is 0 Å². The number of aliphatic carboxylic acids is 1. The molecule has 0 saturated heterocycles. The standard InChI is InChI=1S/C12H17N3O4/c1-8(2)5-9(12(16)17)7-14-11-6-10(15(18)19)3-4-13-11/h3-4,6,8-9H,5,7H2,1-2H3,(H,13,14)(H,16,17). The number of anilines is 1. The molecule has 0 spiro atoms. The minimum atomic E-state index is -0.883. The fraction of sp³-hybridized carbons (Fsp3) is 0.500. The second kappa shape index (κ2) is 6.67. The average Bonchev–Trinajstić information content (AvgIpc) is 2.34. The van der Waals surface area contributed by atoms with E-state index in [1.54, 1.807) is 0 Å². The van der Waals surface area contributed by atoms with Crippen LogP contribution in [0.1, 0.15) is 20.3 Å². The van der Waals surface area contributed by atoms with Crippen molar-refractivity contribution in [2.24, 2.45) is 11.8 Å². The normalized spacial score (nSPS) is 12.2. The van der Waals surface area contributed by atoms with Crippen LogP contribution in [0.3, 0.4) is 0 Å². The molecule has 104 valence electrons. The third-order valence-electron chi connectivity index (χ3n) is 2.59. The van der Waals surface area contributed by atoms with Gasteiger partial charge >= 0.3 is 5.97 Å². The Morgan fingerprint density at radius 3 is 2.79 bits per heavy atom. The monoisotopic (exact) mass is 267 g/mol. The summed E-state index contributed by atoms with van der Waals surface area (Å²) in [6.07, 6.45) is 1.86. The zero-order valence-electron chi connectivity index (χ0n) is 10.9. The van der Waals surface area contributed by atoms with E-state index in [9.17, 15) is 14.9 Å². The molecule has 0 aromatic carbocycles. The van der Waals surface area contributed by atoms with Crippen LogP contribution in [0.2, 0.25) is 0 Å². The lowest BCUT2D eigenvalue weighted by Gasteiger charge is -2.15. The van der Waals surface area contributed by atoms with Gasteiger partial charge in [-0.15, -0.1) is 0 Å². The van der Waals surface area contributed by atoms with Crippen LogP contribution in [0, 0.1) is 22.0 Å². The quantitative estimate of drug-likeness (QED) is 0.579. The SMILES string of the molecule is CC(C)CC(CNc1cc([N+](=O)[O-])ccn1)C(=O)O. The van der Waals surface area contributed by atoms with Gasteiger partial charge in [0.2, 0.25) is 0 Å². The van der Waals surface area contributed by atoms with Gasteiger partial charge in [0.25, 0.3) is 5.69 Å². The highest BCUT2D eigenvalue weighted by Crippen LogP contribution is 2.16. The number of nitrogens with one attached hydrogen (secondary N) is 1. The van der Waals surface area contributed by atoms with Gasteiger partial charge in [-0.1, -0.05) is 13.8 Å². The van der Waals surface area contributed by atoms with Gasteiger partial charge in [-0.3, -0.25) is 14.9 Å². The Labute approximate surface area is 110 Å². The third kappa shape index (κ3) is 4.90. The molecule has 1 unspecified atom stereocenters. The topological polar surface area (TPSA) is 105 Å². The van der Waals surface area contributed by atoms with E-state index in [-0.39, 0.29) is 18.2 Å². The number of hydrogen-bond donors (Lipinski definition) is 2. The second-order valence-corrected chi connectivity index (χ2v) is 4.70. The van der Waals surface area contributed by atoms with Crippen molar-refractivity contribution in [1.29, 1.82) is 0 Å². The first-order chi connectivity index (χ1) is 8.90. The summed E-state index contributed by atoms with van der Waals surface area (Å²) in [6, 6.07) is 2.57. The highest BCUT2D eigenvalue weighted by Gasteiger charge is 2.19. The van der Waals surface area contributed by atoms with E-state index >= 15 is 0 Å². The van der Waals surface area contributed by atoms with Gasteiger partial charge < -0.3 is 10.4 Å². The van der Waals surface area contributed by atoms with Crippen molar-refractivity contribution in [3.8, 4) is 0 Å². The van der Waals surface area contributed by atoms with Gasteiger partial charge in [0.05, 0.1) is 16.9 Å². The molecule has 0 aliphatic rings. The summed E-state index contributed by atoms with van der Waals surface area (Å²) in [5.41, 5.74) is -0.0757. The molecule has 1 rings (SSSR count). The smallest absolute Gasteiger partial charge is 0.308 e. The first kappa shape index (κ1) is 14.9. The van der Waals surface area contributed by atoms with Gasteiger partial charge in [0.15, 0.2) is 0 Å². The van der Waals surface area contributed by atoms with Crippen molar-refractivity contribution in [2.45, 2.75) is 20.3 Å². The fourth-order valence-corrected chi connectivity index (χ4v) is 1.70. The van der Waals surface area contributed by atoms with Gasteiger partial charge in [-0.25, -0.2) is 4.98 Å². The molecule has 7 heteroatoms. The number of nitro groups is 1. The van der Waals surface area contributed by atoms with Crippen molar-refractivity contribution >= 4 is 17.5 Å². The van der Waals surface area contributed by atoms with Crippen molar-refractivity contribution in [3.63, 3.8) is 0 Å². The van der Waals surface area contributed by atoms with E-state index in [1.807, 2.05) is 13.8 Å². The van der Waals surface area contributed by atoms with E-state index in [1.165, 1.54) is 18.3 Å². The first-order valence-corrected chi connectivity index (χ1v) is 5.97. The van der Waals surface area contributed by atoms with E-state index in [4.69, 9.17) is 5.11 Å². The number of nitrogens with zero attached hydrogens (tertiary/aromatic N) is 2. The van der Waals surface area contributed by atoms with Crippen LogP contribution in [0.25, 0.3) is 0 Å². The van der Waals surface area contributed by atoms with Crippen LogP contribution in [0.5, 0.6) is 0 Å². The van der Waals surface area contributed by atoms with Crippen LogP contribution in [-0.4, -0.2) is 27.5 Å². The molecule has 1 aromatic heterocycles. The van der Waals surface area contributed by atoms with E-state index in [2.05, 4.69) is 10.3 Å². The Kier molecular flexibility index (Phi) is 5.23. The highest BCUT2D eigenvalue weighted by molar-refractivity contribution is 5.70.